The summed E-state index contributed by atoms with van der Waals surface area (Å²) in [5.74, 6) is 0. The molecule has 0 saturated heterocycles. The number of rotatable bonds is 2. The number of anilines is 1. The van der Waals surface area contributed by atoms with Gasteiger partial charge < -0.3 is 4.90 Å². The highest BCUT2D eigenvalue weighted by Gasteiger charge is 2.25. The molecule has 0 spiro atoms. The maximum absolute atomic E-state index is 4.40. The first-order valence-corrected chi connectivity index (χ1v) is 8.10. The number of nitrogens with zero attached hydrogens (tertiary/aromatic N) is 2. The largest absolute Gasteiger partial charge is 0.333 e. The summed E-state index contributed by atoms with van der Waals surface area (Å²) in [6.45, 7) is 3.14. The van der Waals surface area contributed by atoms with Crippen LogP contribution in [0.1, 0.15) is 23.6 Å². The Balaban J connectivity index is 1.79. The van der Waals surface area contributed by atoms with Gasteiger partial charge in [0.1, 0.15) is 0 Å². The fraction of sp³-hybridized carbons (Fsp3) is 0.158. The van der Waals surface area contributed by atoms with E-state index in [0.717, 1.165) is 23.9 Å². The fourth-order valence-corrected chi connectivity index (χ4v) is 3.65. The van der Waals surface area contributed by atoms with E-state index in [2.05, 4.69) is 68.1 Å². The van der Waals surface area contributed by atoms with E-state index < -0.39 is 0 Å². The van der Waals surface area contributed by atoms with E-state index in [1.807, 2.05) is 12.3 Å². The molecule has 0 atom stereocenters. The molecule has 0 radical (unpaired) electrons. The molecular formula is C19H17N2P. The first-order valence-electron chi connectivity index (χ1n) is 7.60. The van der Waals surface area contributed by atoms with Gasteiger partial charge in [-0.3, -0.25) is 4.98 Å². The Hall–Kier alpha value is -2.18. The number of pyridine rings is 1. The SMILES string of the molecule is CCc1cccc2c1CN(c1ccc3ncccc3c1)C2=P. The van der Waals surface area contributed by atoms with Crippen LogP contribution >= 0.6 is 8.86 Å². The van der Waals surface area contributed by atoms with E-state index in [9.17, 15) is 0 Å². The molecular weight excluding hydrogens is 287 g/mol. The van der Waals surface area contributed by atoms with Crippen molar-refractivity contribution in [3.05, 3.63) is 71.4 Å². The summed E-state index contributed by atoms with van der Waals surface area (Å²) < 4.78 is 0. The number of aryl methyl sites for hydroxylation is 1. The number of benzene rings is 2. The second kappa shape index (κ2) is 5.23. The minimum absolute atomic E-state index is 0.921. The van der Waals surface area contributed by atoms with Gasteiger partial charge in [0.2, 0.25) is 0 Å². The molecule has 2 aromatic carbocycles. The molecule has 0 saturated carbocycles. The van der Waals surface area contributed by atoms with Crippen molar-refractivity contribution in [1.82, 2.24) is 4.98 Å². The third-order valence-electron chi connectivity index (χ3n) is 4.39. The lowest BCUT2D eigenvalue weighted by atomic mass is 10.0. The maximum atomic E-state index is 4.40. The lowest BCUT2D eigenvalue weighted by Crippen LogP contribution is -2.21. The van der Waals surface area contributed by atoms with Crippen molar-refractivity contribution in [3.8, 4) is 0 Å². The van der Waals surface area contributed by atoms with Crippen molar-refractivity contribution in [2.75, 3.05) is 4.90 Å². The minimum atomic E-state index is 0.921. The molecule has 22 heavy (non-hydrogen) atoms. The van der Waals surface area contributed by atoms with Gasteiger partial charge in [-0.2, -0.15) is 0 Å². The summed E-state index contributed by atoms with van der Waals surface area (Å²) in [6.07, 6.45) is 2.90. The minimum Gasteiger partial charge on any atom is -0.333 e. The average molecular weight is 304 g/mol. The molecule has 3 aromatic rings. The number of hydrogen-bond donors (Lipinski definition) is 0. The van der Waals surface area contributed by atoms with E-state index in [-0.39, 0.29) is 0 Å². The van der Waals surface area contributed by atoms with E-state index >= 15 is 0 Å². The smallest absolute Gasteiger partial charge is 0.0703 e. The lowest BCUT2D eigenvalue weighted by molar-refractivity contribution is 1.01. The molecule has 108 valence electrons. The Morgan fingerprint density at radius 3 is 2.91 bits per heavy atom. The molecule has 0 unspecified atom stereocenters. The van der Waals surface area contributed by atoms with Crippen molar-refractivity contribution in [2.45, 2.75) is 19.9 Å². The lowest BCUT2D eigenvalue weighted by Gasteiger charge is -2.19. The van der Waals surface area contributed by atoms with Crippen LogP contribution in [-0.4, -0.2) is 10.4 Å². The zero-order chi connectivity index (χ0) is 15.1. The predicted octanol–water partition coefficient (Wildman–Crippen LogP) is 4.44. The fourth-order valence-electron chi connectivity index (χ4n) is 3.21. The van der Waals surface area contributed by atoms with Gasteiger partial charge >= 0.3 is 0 Å². The van der Waals surface area contributed by atoms with Gasteiger partial charge in [-0.25, -0.2) is 0 Å². The molecule has 0 N–H and O–H groups in total. The van der Waals surface area contributed by atoms with Gasteiger partial charge in [-0.1, -0.05) is 40.1 Å². The van der Waals surface area contributed by atoms with Gasteiger partial charge in [0.05, 0.1) is 10.9 Å². The second-order valence-electron chi connectivity index (χ2n) is 5.61. The third-order valence-corrected chi connectivity index (χ3v) is 4.93. The molecule has 2 heterocycles. The van der Waals surface area contributed by atoms with E-state index in [1.165, 1.54) is 27.8 Å². The molecule has 0 aliphatic carbocycles. The molecule has 0 bridgehead atoms. The first kappa shape index (κ1) is 13.5. The monoisotopic (exact) mass is 304 g/mol. The highest BCUT2D eigenvalue weighted by molar-refractivity contribution is 7.22. The molecule has 2 nitrogen and oxygen atoms in total. The van der Waals surface area contributed by atoms with Gasteiger partial charge in [0, 0.05) is 29.4 Å². The Kier molecular flexibility index (Phi) is 3.20. The van der Waals surface area contributed by atoms with Crippen molar-refractivity contribution in [3.63, 3.8) is 0 Å². The summed E-state index contributed by atoms with van der Waals surface area (Å²) in [5, 5.41) is 1.17. The zero-order valence-corrected chi connectivity index (χ0v) is 13.5. The standard InChI is InChI=1S/C19H17N2P/c1-2-13-5-3-7-16-17(13)12-21(19(16)22)15-8-9-18-14(11-15)6-4-10-20-18/h3-11,22H,2,12H2,1H3. The summed E-state index contributed by atoms with van der Waals surface area (Å²) in [6, 6.07) is 17.1. The molecule has 1 aliphatic rings. The van der Waals surface area contributed by atoms with Crippen LogP contribution in [0.25, 0.3) is 10.9 Å². The highest BCUT2D eigenvalue weighted by Crippen LogP contribution is 2.33. The van der Waals surface area contributed by atoms with Gasteiger partial charge in [0.15, 0.2) is 0 Å². The van der Waals surface area contributed by atoms with E-state index in [4.69, 9.17) is 0 Å². The van der Waals surface area contributed by atoms with Crippen LogP contribution in [0.15, 0.2) is 54.7 Å². The van der Waals surface area contributed by atoms with Crippen molar-refractivity contribution >= 4 is 30.9 Å². The Morgan fingerprint density at radius 2 is 2.05 bits per heavy atom. The van der Waals surface area contributed by atoms with Gasteiger partial charge in [-0.05, 0) is 41.8 Å². The molecule has 4 rings (SSSR count). The van der Waals surface area contributed by atoms with Crippen LogP contribution < -0.4 is 4.90 Å². The molecule has 1 aliphatic heterocycles. The Morgan fingerprint density at radius 1 is 1.14 bits per heavy atom. The van der Waals surface area contributed by atoms with Crippen LogP contribution in [0, 0.1) is 0 Å². The Bertz CT molecular complexity index is 885. The first-order chi connectivity index (χ1) is 10.8. The Labute approximate surface area is 132 Å². The van der Waals surface area contributed by atoms with Crippen molar-refractivity contribution in [2.24, 2.45) is 0 Å². The number of fused-ring (bicyclic) bond motifs is 2. The summed E-state index contributed by atoms with van der Waals surface area (Å²) in [7, 11) is 3.85. The van der Waals surface area contributed by atoms with Crippen LogP contribution in [0.2, 0.25) is 0 Å². The topological polar surface area (TPSA) is 16.1 Å². The summed E-state index contributed by atoms with van der Waals surface area (Å²) in [4.78, 5) is 6.72. The quantitative estimate of drug-likeness (QED) is 0.651. The van der Waals surface area contributed by atoms with E-state index in [0.29, 0.717) is 0 Å². The second-order valence-corrected chi connectivity index (χ2v) is 6.09. The maximum Gasteiger partial charge on any atom is 0.0703 e. The van der Waals surface area contributed by atoms with Crippen LogP contribution in [0.5, 0.6) is 0 Å². The molecule has 1 aromatic heterocycles. The highest BCUT2D eigenvalue weighted by atomic mass is 31.0. The van der Waals surface area contributed by atoms with Crippen molar-refractivity contribution in [1.29, 1.82) is 0 Å². The normalized spacial score (nSPS) is 13.7. The van der Waals surface area contributed by atoms with Crippen LogP contribution in [0.3, 0.4) is 0 Å². The van der Waals surface area contributed by atoms with Gasteiger partial charge in [-0.15, -0.1) is 0 Å². The predicted molar refractivity (Wildman–Crippen MR) is 96.2 cm³/mol. The third kappa shape index (κ3) is 2.03. The molecule has 3 heteroatoms. The van der Waals surface area contributed by atoms with Crippen molar-refractivity contribution < 1.29 is 0 Å². The molecule has 0 fully saturated rings. The number of hydrogen-bond acceptors (Lipinski definition) is 1. The summed E-state index contributed by atoms with van der Waals surface area (Å²) in [5.41, 5.74) is 7.55. The van der Waals surface area contributed by atoms with E-state index in [1.54, 1.807) is 0 Å². The average Bonchev–Trinajstić information content (AvgIpc) is 2.91. The summed E-state index contributed by atoms with van der Waals surface area (Å²) >= 11 is 0. The number of aromatic nitrogens is 1. The molecule has 0 amide bonds. The van der Waals surface area contributed by atoms with Gasteiger partial charge in [0.25, 0.3) is 0 Å². The van der Waals surface area contributed by atoms with Crippen LogP contribution in [0.4, 0.5) is 5.69 Å². The zero-order valence-electron chi connectivity index (χ0n) is 12.5. The van der Waals surface area contributed by atoms with Crippen LogP contribution in [-0.2, 0) is 13.0 Å².